The third kappa shape index (κ3) is 4.05. The molecule has 1 aliphatic heterocycles. The smallest absolute Gasteiger partial charge is 0.170 e. The Hall–Kier alpha value is -3.44. The normalized spacial score (nSPS) is 17.9. The molecule has 0 bridgehead atoms. The average molecular weight is 453 g/mol. The first kappa shape index (κ1) is 21.4. The number of hydrogen-bond donors (Lipinski definition) is 1. The molecule has 3 heterocycles. The summed E-state index contributed by atoms with van der Waals surface area (Å²) in [5.41, 5.74) is 8.39. The number of hydrogen-bond acceptors (Lipinski definition) is 2. The molecule has 2 aromatic carbocycles. The van der Waals surface area contributed by atoms with Crippen LogP contribution in [0.1, 0.15) is 45.9 Å². The third-order valence-electron chi connectivity index (χ3n) is 6.47. The molecular formula is C28H28N4S. The number of rotatable bonds is 5. The van der Waals surface area contributed by atoms with E-state index in [0.29, 0.717) is 0 Å². The molecule has 0 aliphatic carbocycles. The van der Waals surface area contributed by atoms with Crippen LogP contribution in [0, 0.1) is 20.8 Å². The van der Waals surface area contributed by atoms with Crippen LogP contribution in [0.5, 0.6) is 0 Å². The number of benzene rings is 2. The molecule has 1 saturated heterocycles. The first-order valence-electron chi connectivity index (χ1n) is 11.3. The summed E-state index contributed by atoms with van der Waals surface area (Å²) in [6.07, 6.45) is 1.85. The van der Waals surface area contributed by atoms with E-state index in [1.54, 1.807) is 0 Å². The number of aryl methyl sites for hydroxylation is 2. The molecule has 166 valence electrons. The minimum Gasteiger partial charge on any atom is -0.352 e. The van der Waals surface area contributed by atoms with E-state index in [-0.39, 0.29) is 12.1 Å². The molecule has 1 N–H and O–H groups in total. The Bertz CT molecular complexity index is 1260. The van der Waals surface area contributed by atoms with Crippen LogP contribution < -0.4 is 5.32 Å². The van der Waals surface area contributed by atoms with Gasteiger partial charge < -0.3 is 14.8 Å². The molecule has 2 aromatic heterocycles. The zero-order valence-corrected chi connectivity index (χ0v) is 20.0. The van der Waals surface area contributed by atoms with Gasteiger partial charge in [-0.3, -0.25) is 4.98 Å². The van der Waals surface area contributed by atoms with Gasteiger partial charge in [-0.05, 0) is 74.4 Å². The predicted molar refractivity (Wildman–Crippen MR) is 137 cm³/mol. The average Bonchev–Trinajstić information content (AvgIpc) is 3.31. The number of aromatic nitrogens is 2. The summed E-state index contributed by atoms with van der Waals surface area (Å²) in [6.45, 7) is 7.25. The Balaban J connectivity index is 1.61. The fraction of sp³-hybridized carbons (Fsp3) is 0.214. The van der Waals surface area contributed by atoms with Crippen molar-refractivity contribution in [3.8, 4) is 5.69 Å². The van der Waals surface area contributed by atoms with Crippen LogP contribution in [-0.2, 0) is 6.54 Å². The molecule has 33 heavy (non-hydrogen) atoms. The summed E-state index contributed by atoms with van der Waals surface area (Å²) >= 11 is 5.86. The quantitative estimate of drug-likeness (QED) is 0.378. The number of pyridine rings is 1. The molecular weight excluding hydrogens is 424 g/mol. The highest BCUT2D eigenvalue weighted by Gasteiger charge is 2.41. The van der Waals surface area contributed by atoms with Crippen LogP contribution in [0.4, 0.5) is 0 Å². The van der Waals surface area contributed by atoms with Crippen molar-refractivity contribution in [3.63, 3.8) is 0 Å². The zero-order valence-electron chi connectivity index (χ0n) is 19.2. The summed E-state index contributed by atoms with van der Waals surface area (Å²) in [4.78, 5) is 6.99. The summed E-state index contributed by atoms with van der Waals surface area (Å²) in [6, 6.07) is 27.6. The Morgan fingerprint density at radius 1 is 0.909 bits per heavy atom. The summed E-state index contributed by atoms with van der Waals surface area (Å²) < 4.78 is 2.34. The van der Waals surface area contributed by atoms with Gasteiger partial charge in [0.1, 0.15) is 0 Å². The van der Waals surface area contributed by atoms with Crippen LogP contribution >= 0.6 is 12.2 Å². The van der Waals surface area contributed by atoms with Crippen molar-refractivity contribution in [1.29, 1.82) is 0 Å². The molecule has 0 amide bonds. The van der Waals surface area contributed by atoms with Crippen molar-refractivity contribution in [1.82, 2.24) is 19.8 Å². The SMILES string of the molecule is Cc1ccc(-n2c(C)cc(C3C(c4ccccn4)NC(=S)N3Cc3ccccc3)c2C)cc1. The molecule has 0 radical (unpaired) electrons. The van der Waals surface area contributed by atoms with Gasteiger partial charge in [0.15, 0.2) is 5.11 Å². The second kappa shape index (κ2) is 8.83. The molecule has 2 unspecified atom stereocenters. The van der Waals surface area contributed by atoms with Gasteiger partial charge in [-0.1, -0.05) is 54.1 Å². The maximum Gasteiger partial charge on any atom is 0.170 e. The lowest BCUT2D eigenvalue weighted by molar-refractivity contribution is 0.310. The Labute approximate surface area is 200 Å². The highest BCUT2D eigenvalue weighted by Crippen LogP contribution is 2.42. The van der Waals surface area contributed by atoms with E-state index in [0.717, 1.165) is 17.4 Å². The van der Waals surface area contributed by atoms with E-state index in [9.17, 15) is 0 Å². The van der Waals surface area contributed by atoms with Gasteiger partial charge in [-0.15, -0.1) is 0 Å². The van der Waals surface area contributed by atoms with E-state index in [1.165, 1.54) is 33.8 Å². The summed E-state index contributed by atoms with van der Waals surface area (Å²) in [7, 11) is 0. The molecule has 4 aromatic rings. The maximum atomic E-state index is 5.86. The highest BCUT2D eigenvalue weighted by molar-refractivity contribution is 7.80. The van der Waals surface area contributed by atoms with Gasteiger partial charge in [0, 0.05) is 29.8 Å². The lowest BCUT2D eigenvalue weighted by atomic mass is 9.96. The standard InChI is InChI=1S/C28H28N4S/c1-19-12-14-23(15-13-19)32-20(2)17-24(21(32)3)27-26(25-11-7-8-16-29-25)30-28(33)31(27)18-22-9-5-4-6-10-22/h4-17,26-27H,18H2,1-3H3,(H,30,33). The van der Waals surface area contributed by atoms with Crippen molar-refractivity contribution < 1.29 is 0 Å². The van der Waals surface area contributed by atoms with Crippen LogP contribution in [0.25, 0.3) is 5.69 Å². The largest absolute Gasteiger partial charge is 0.352 e. The Kier molecular flexibility index (Phi) is 5.73. The van der Waals surface area contributed by atoms with Crippen LogP contribution in [0.2, 0.25) is 0 Å². The first-order valence-corrected chi connectivity index (χ1v) is 11.7. The number of nitrogens with one attached hydrogen (secondary N) is 1. The minimum atomic E-state index is -0.0191. The minimum absolute atomic E-state index is 0.0191. The fourth-order valence-corrected chi connectivity index (χ4v) is 5.18. The molecule has 5 heteroatoms. The third-order valence-corrected chi connectivity index (χ3v) is 6.83. The van der Waals surface area contributed by atoms with Gasteiger partial charge in [-0.25, -0.2) is 0 Å². The van der Waals surface area contributed by atoms with Crippen molar-refractivity contribution in [2.24, 2.45) is 0 Å². The monoisotopic (exact) mass is 452 g/mol. The van der Waals surface area contributed by atoms with Gasteiger partial charge in [-0.2, -0.15) is 0 Å². The van der Waals surface area contributed by atoms with E-state index < -0.39 is 0 Å². The van der Waals surface area contributed by atoms with Gasteiger partial charge in [0.05, 0.1) is 17.8 Å². The molecule has 0 saturated carbocycles. The van der Waals surface area contributed by atoms with E-state index in [1.807, 2.05) is 24.4 Å². The summed E-state index contributed by atoms with van der Waals surface area (Å²) in [5, 5.41) is 4.34. The summed E-state index contributed by atoms with van der Waals surface area (Å²) in [5.74, 6) is 0. The van der Waals surface area contributed by atoms with Crippen molar-refractivity contribution in [2.75, 3.05) is 0 Å². The molecule has 1 aliphatic rings. The zero-order chi connectivity index (χ0) is 22.9. The Morgan fingerprint density at radius 3 is 2.33 bits per heavy atom. The molecule has 1 fully saturated rings. The lowest BCUT2D eigenvalue weighted by Gasteiger charge is -2.28. The molecule has 4 nitrogen and oxygen atoms in total. The van der Waals surface area contributed by atoms with Gasteiger partial charge >= 0.3 is 0 Å². The maximum absolute atomic E-state index is 5.86. The van der Waals surface area contributed by atoms with Crippen molar-refractivity contribution in [2.45, 2.75) is 39.4 Å². The fourth-order valence-electron chi connectivity index (χ4n) is 4.87. The lowest BCUT2D eigenvalue weighted by Crippen LogP contribution is -2.29. The van der Waals surface area contributed by atoms with Gasteiger partial charge in [0.2, 0.25) is 0 Å². The molecule has 5 rings (SSSR count). The highest BCUT2D eigenvalue weighted by atomic mass is 32.1. The molecule has 2 atom stereocenters. The first-order chi connectivity index (χ1) is 16.0. The topological polar surface area (TPSA) is 33.1 Å². The van der Waals surface area contributed by atoms with Gasteiger partial charge in [0.25, 0.3) is 0 Å². The predicted octanol–water partition coefficient (Wildman–Crippen LogP) is 5.97. The number of nitrogens with zero attached hydrogens (tertiary/aromatic N) is 3. The second-order valence-electron chi connectivity index (χ2n) is 8.74. The van der Waals surface area contributed by atoms with Crippen LogP contribution in [-0.4, -0.2) is 19.6 Å². The van der Waals surface area contributed by atoms with E-state index in [4.69, 9.17) is 12.2 Å². The second-order valence-corrected chi connectivity index (χ2v) is 9.12. The van der Waals surface area contributed by atoms with Crippen LogP contribution in [0.15, 0.2) is 85.1 Å². The molecule has 0 spiro atoms. The van der Waals surface area contributed by atoms with Crippen molar-refractivity contribution in [3.05, 3.63) is 119 Å². The number of thiocarbonyl (C=S) groups is 1. The van der Waals surface area contributed by atoms with Crippen molar-refractivity contribution >= 4 is 17.3 Å². The van der Waals surface area contributed by atoms with E-state index >= 15 is 0 Å². The Morgan fingerprint density at radius 2 is 1.64 bits per heavy atom. The van der Waals surface area contributed by atoms with E-state index in [2.05, 4.69) is 101 Å². The van der Waals surface area contributed by atoms with Crippen LogP contribution in [0.3, 0.4) is 0 Å².